The fourth-order valence-electron chi connectivity index (χ4n) is 1.69. The number of hydrogen-bond acceptors (Lipinski definition) is 2. The van der Waals surface area contributed by atoms with Gasteiger partial charge in [-0.1, -0.05) is 28.1 Å². The number of benzene rings is 2. The molecule has 0 fully saturated rings. The van der Waals surface area contributed by atoms with Crippen molar-refractivity contribution < 1.29 is 14.2 Å². The lowest BCUT2D eigenvalue weighted by atomic mass is 10.2. The zero-order valence-corrected chi connectivity index (χ0v) is 13.0. The Morgan fingerprint density at radius 1 is 1.16 bits per heavy atom. The summed E-state index contributed by atoms with van der Waals surface area (Å²) < 4.78 is 20.3. The van der Waals surface area contributed by atoms with Gasteiger partial charge in [-0.2, -0.15) is 0 Å². The van der Waals surface area contributed by atoms with Crippen molar-refractivity contribution in [1.82, 2.24) is 0 Å². The predicted octanol–water partition coefficient (Wildman–Crippen LogP) is 4.42. The number of hydrogen-bond donors (Lipinski definition) is 1. The van der Waals surface area contributed by atoms with E-state index in [1.54, 1.807) is 12.1 Å². The molecule has 1 N–H and O–H groups in total. The van der Waals surface area contributed by atoms with Gasteiger partial charge >= 0.3 is 0 Å². The molecule has 100 valence electrons. The maximum absolute atomic E-state index is 13.2. The van der Waals surface area contributed by atoms with Crippen LogP contribution >= 0.6 is 31.9 Å². The number of halogens is 3. The van der Waals surface area contributed by atoms with Crippen molar-refractivity contribution in [2.24, 2.45) is 0 Å². The number of rotatable bonds is 4. The number of aliphatic hydroxyl groups is 1. The molecule has 0 aliphatic heterocycles. The highest BCUT2D eigenvalue weighted by atomic mass is 79.9. The van der Waals surface area contributed by atoms with E-state index in [2.05, 4.69) is 31.9 Å². The van der Waals surface area contributed by atoms with Crippen LogP contribution < -0.4 is 4.74 Å². The van der Waals surface area contributed by atoms with Gasteiger partial charge in [0.2, 0.25) is 0 Å². The number of aliphatic hydroxyl groups excluding tert-OH is 1. The van der Waals surface area contributed by atoms with E-state index in [4.69, 9.17) is 4.74 Å². The molecule has 0 radical (unpaired) electrons. The molecule has 2 aromatic carbocycles. The maximum Gasteiger partial charge on any atom is 0.139 e. The Morgan fingerprint density at radius 3 is 2.63 bits per heavy atom. The second-order valence-corrected chi connectivity index (χ2v) is 5.72. The zero-order chi connectivity index (χ0) is 13.8. The molecule has 0 bridgehead atoms. The highest BCUT2D eigenvalue weighted by Crippen LogP contribution is 2.30. The van der Waals surface area contributed by atoms with Crippen molar-refractivity contribution in [2.45, 2.75) is 13.2 Å². The highest BCUT2D eigenvalue weighted by molar-refractivity contribution is 9.10. The van der Waals surface area contributed by atoms with E-state index in [1.807, 2.05) is 12.1 Å². The molecule has 0 unspecified atom stereocenters. The second-order valence-electron chi connectivity index (χ2n) is 3.95. The van der Waals surface area contributed by atoms with Gasteiger partial charge in [-0.15, -0.1) is 0 Å². The van der Waals surface area contributed by atoms with Crippen LogP contribution in [0.25, 0.3) is 0 Å². The summed E-state index contributed by atoms with van der Waals surface area (Å²) in [7, 11) is 0. The first-order chi connectivity index (χ1) is 9.10. The summed E-state index contributed by atoms with van der Waals surface area (Å²) in [4.78, 5) is 0. The summed E-state index contributed by atoms with van der Waals surface area (Å²) in [6, 6.07) is 10.0. The third-order valence-corrected chi connectivity index (χ3v) is 3.61. The van der Waals surface area contributed by atoms with Crippen LogP contribution in [0.2, 0.25) is 0 Å². The average Bonchev–Trinajstić information content (AvgIpc) is 2.36. The van der Waals surface area contributed by atoms with E-state index in [9.17, 15) is 9.50 Å². The minimum Gasteiger partial charge on any atom is -0.487 e. The third kappa shape index (κ3) is 3.78. The zero-order valence-electron chi connectivity index (χ0n) is 9.87. The Morgan fingerprint density at radius 2 is 1.95 bits per heavy atom. The van der Waals surface area contributed by atoms with Crippen LogP contribution in [0.3, 0.4) is 0 Å². The third-order valence-electron chi connectivity index (χ3n) is 2.52. The Bertz CT molecular complexity index is 567. The monoisotopic (exact) mass is 388 g/mol. The van der Waals surface area contributed by atoms with Crippen LogP contribution in [-0.4, -0.2) is 5.11 Å². The number of ether oxygens (including phenoxy) is 1. The minimum atomic E-state index is -0.317. The van der Waals surface area contributed by atoms with Crippen molar-refractivity contribution >= 4 is 31.9 Å². The standard InChI is InChI=1S/C14H11Br2FO2/c15-11-4-9(5-12(17)6-11)8-19-14-10(7-18)2-1-3-13(14)16/h1-6,18H,7-8H2. The molecule has 2 aromatic rings. The van der Waals surface area contributed by atoms with Crippen LogP contribution in [0, 0.1) is 5.82 Å². The molecule has 2 nitrogen and oxygen atoms in total. The van der Waals surface area contributed by atoms with Gasteiger partial charge in [0, 0.05) is 10.0 Å². The van der Waals surface area contributed by atoms with Gasteiger partial charge in [-0.25, -0.2) is 4.39 Å². The van der Waals surface area contributed by atoms with Crippen LogP contribution in [0.1, 0.15) is 11.1 Å². The fourth-order valence-corrected chi connectivity index (χ4v) is 2.72. The van der Waals surface area contributed by atoms with Crippen LogP contribution in [0.15, 0.2) is 45.3 Å². The summed E-state index contributed by atoms with van der Waals surface area (Å²) in [5.41, 5.74) is 1.40. The van der Waals surface area contributed by atoms with Crippen LogP contribution in [-0.2, 0) is 13.2 Å². The van der Waals surface area contributed by atoms with E-state index in [0.717, 1.165) is 4.47 Å². The Labute approximate surface area is 127 Å². The summed E-state index contributed by atoms with van der Waals surface area (Å²) in [6.07, 6.45) is 0. The van der Waals surface area contributed by atoms with E-state index < -0.39 is 0 Å². The van der Waals surface area contributed by atoms with E-state index >= 15 is 0 Å². The van der Waals surface area contributed by atoms with Gasteiger partial charge in [-0.3, -0.25) is 0 Å². The molecule has 0 amide bonds. The van der Waals surface area contributed by atoms with Gasteiger partial charge < -0.3 is 9.84 Å². The lowest BCUT2D eigenvalue weighted by Gasteiger charge is -2.12. The minimum absolute atomic E-state index is 0.110. The smallest absolute Gasteiger partial charge is 0.139 e. The Hall–Kier alpha value is -0.910. The first kappa shape index (κ1) is 14.5. The van der Waals surface area contributed by atoms with Crippen LogP contribution in [0.5, 0.6) is 5.75 Å². The maximum atomic E-state index is 13.2. The van der Waals surface area contributed by atoms with Gasteiger partial charge in [-0.05, 0) is 45.8 Å². The summed E-state index contributed by atoms with van der Waals surface area (Å²) in [6.45, 7) is 0.119. The van der Waals surface area contributed by atoms with Crippen LogP contribution in [0.4, 0.5) is 4.39 Å². The molecule has 0 aliphatic carbocycles. The molecule has 19 heavy (non-hydrogen) atoms. The number of para-hydroxylation sites is 1. The topological polar surface area (TPSA) is 29.5 Å². The van der Waals surface area contributed by atoms with Crippen molar-refractivity contribution in [3.05, 3.63) is 62.3 Å². The van der Waals surface area contributed by atoms with Gasteiger partial charge in [0.15, 0.2) is 0 Å². The molecule has 0 atom stereocenters. The Kier molecular flexibility index (Phi) is 4.96. The van der Waals surface area contributed by atoms with Gasteiger partial charge in [0.25, 0.3) is 0 Å². The molecule has 0 saturated heterocycles. The first-order valence-corrected chi connectivity index (χ1v) is 7.15. The lowest BCUT2D eigenvalue weighted by Crippen LogP contribution is -2.00. The molecule has 5 heteroatoms. The van der Waals surface area contributed by atoms with Crippen molar-refractivity contribution in [3.8, 4) is 5.75 Å². The van der Waals surface area contributed by atoms with E-state index in [-0.39, 0.29) is 19.0 Å². The molecular formula is C14H11Br2FO2. The highest BCUT2D eigenvalue weighted by Gasteiger charge is 2.08. The summed E-state index contributed by atoms with van der Waals surface area (Å²) in [5.74, 6) is 0.257. The molecule has 0 saturated carbocycles. The molecule has 0 spiro atoms. The normalized spacial score (nSPS) is 10.5. The molecule has 2 rings (SSSR count). The average molecular weight is 390 g/mol. The molecule has 0 aliphatic rings. The van der Waals surface area contributed by atoms with Crippen molar-refractivity contribution in [2.75, 3.05) is 0 Å². The van der Waals surface area contributed by atoms with Crippen molar-refractivity contribution in [1.29, 1.82) is 0 Å². The largest absolute Gasteiger partial charge is 0.487 e. The fraction of sp³-hybridized carbons (Fsp3) is 0.143. The quantitative estimate of drug-likeness (QED) is 0.838. The van der Waals surface area contributed by atoms with E-state index in [0.29, 0.717) is 21.3 Å². The summed E-state index contributed by atoms with van der Waals surface area (Å²) >= 11 is 6.61. The molecule has 0 aromatic heterocycles. The van der Waals surface area contributed by atoms with E-state index in [1.165, 1.54) is 12.1 Å². The molecular weight excluding hydrogens is 379 g/mol. The molecule has 0 heterocycles. The SMILES string of the molecule is OCc1cccc(Br)c1OCc1cc(F)cc(Br)c1. The lowest BCUT2D eigenvalue weighted by molar-refractivity contribution is 0.258. The van der Waals surface area contributed by atoms with Gasteiger partial charge in [0.1, 0.15) is 18.2 Å². The summed E-state index contributed by atoms with van der Waals surface area (Å²) in [5, 5.41) is 9.26. The first-order valence-electron chi connectivity index (χ1n) is 5.56. The van der Waals surface area contributed by atoms with Gasteiger partial charge in [0.05, 0.1) is 11.1 Å². The second kappa shape index (κ2) is 6.50. The van der Waals surface area contributed by atoms with Crippen molar-refractivity contribution in [3.63, 3.8) is 0 Å². The predicted molar refractivity (Wildman–Crippen MR) is 78.5 cm³/mol. The Balaban J connectivity index is 2.18.